The molecule has 1 amide bonds. The van der Waals surface area contributed by atoms with Crippen molar-refractivity contribution < 1.29 is 4.79 Å². The van der Waals surface area contributed by atoms with Crippen LogP contribution in [0, 0.1) is 6.92 Å². The van der Waals surface area contributed by atoms with Gasteiger partial charge in [-0.3, -0.25) is 4.79 Å². The Hall–Kier alpha value is -1.77. The molecule has 0 heterocycles. The van der Waals surface area contributed by atoms with Crippen LogP contribution >= 0.6 is 0 Å². The van der Waals surface area contributed by atoms with Crippen molar-refractivity contribution in [1.29, 1.82) is 0 Å². The van der Waals surface area contributed by atoms with Crippen LogP contribution in [0.1, 0.15) is 15.9 Å². The van der Waals surface area contributed by atoms with Crippen molar-refractivity contribution >= 4 is 11.6 Å². The van der Waals surface area contributed by atoms with Crippen LogP contribution in [0.15, 0.2) is 30.9 Å². The van der Waals surface area contributed by atoms with E-state index >= 15 is 0 Å². The fourth-order valence-electron chi connectivity index (χ4n) is 1.14. The molecule has 1 rings (SSSR count). The van der Waals surface area contributed by atoms with Gasteiger partial charge in [-0.25, -0.2) is 0 Å². The lowest BCUT2D eigenvalue weighted by molar-refractivity contribution is 0.0957. The maximum absolute atomic E-state index is 11.6. The second-order valence-corrected chi connectivity index (χ2v) is 3.07. The van der Waals surface area contributed by atoms with Gasteiger partial charge in [0.1, 0.15) is 0 Å². The quantitative estimate of drug-likeness (QED) is 0.560. The van der Waals surface area contributed by atoms with Gasteiger partial charge in [-0.15, -0.1) is 6.58 Å². The average molecular weight is 190 g/mol. The molecule has 1 aromatic carbocycles. The third-order valence-electron chi connectivity index (χ3n) is 1.91. The Morgan fingerprint density at radius 2 is 2.36 bits per heavy atom. The molecule has 0 atom stereocenters. The van der Waals surface area contributed by atoms with Gasteiger partial charge in [-0.1, -0.05) is 12.1 Å². The first-order chi connectivity index (χ1) is 6.65. The molecule has 0 unspecified atom stereocenters. The summed E-state index contributed by atoms with van der Waals surface area (Å²) in [5.41, 5.74) is 7.73. The van der Waals surface area contributed by atoms with Gasteiger partial charge in [0.2, 0.25) is 0 Å². The Balaban J connectivity index is 2.88. The van der Waals surface area contributed by atoms with Crippen molar-refractivity contribution in [2.24, 2.45) is 0 Å². The van der Waals surface area contributed by atoms with Gasteiger partial charge in [0.05, 0.1) is 0 Å². The lowest BCUT2D eigenvalue weighted by Gasteiger charge is -2.06. The summed E-state index contributed by atoms with van der Waals surface area (Å²) in [5.74, 6) is -0.116. The second-order valence-electron chi connectivity index (χ2n) is 3.07. The van der Waals surface area contributed by atoms with E-state index in [1.54, 1.807) is 18.2 Å². The number of carbonyl (C=O) groups is 1. The summed E-state index contributed by atoms with van der Waals surface area (Å²) in [6.45, 7) is 5.87. The lowest BCUT2D eigenvalue weighted by atomic mass is 10.1. The first kappa shape index (κ1) is 10.3. The third kappa shape index (κ3) is 2.36. The Labute approximate surface area is 83.6 Å². The van der Waals surface area contributed by atoms with E-state index in [0.717, 1.165) is 5.56 Å². The van der Waals surface area contributed by atoms with Crippen LogP contribution in [-0.2, 0) is 0 Å². The van der Waals surface area contributed by atoms with Crippen LogP contribution in [0.5, 0.6) is 0 Å². The Morgan fingerprint density at radius 3 is 3.00 bits per heavy atom. The zero-order valence-corrected chi connectivity index (χ0v) is 8.21. The van der Waals surface area contributed by atoms with Gasteiger partial charge in [-0.05, 0) is 24.6 Å². The summed E-state index contributed by atoms with van der Waals surface area (Å²) in [7, 11) is 0. The molecule has 0 saturated carbocycles. The van der Waals surface area contributed by atoms with Crippen molar-refractivity contribution in [3.8, 4) is 0 Å². The summed E-state index contributed by atoms with van der Waals surface area (Å²) in [6, 6.07) is 5.28. The van der Waals surface area contributed by atoms with Crippen molar-refractivity contribution in [3.63, 3.8) is 0 Å². The van der Waals surface area contributed by atoms with E-state index in [2.05, 4.69) is 11.9 Å². The third-order valence-corrected chi connectivity index (χ3v) is 1.91. The summed E-state index contributed by atoms with van der Waals surface area (Å²) >= 11 is 0. The van der Waals surface area contributed by atoms with Crippen molar-refractivity contribution in [1.82, 2.24) is 5.32 Å². The van der Waals surface area contributed by atoms with E-state index in [1.165, 1.54) is 0 Å². The molecule has 0 aliphatic rings. The Kier molecular flexibility index (Phi) is 3.29. The predicted octanol–water partition coefficient (Wildman–Crippen LogP) is 1.49. The van der Waals surface area contributed by atoms with E-state index in [-0.39, 0.29) is 5.91 Å². The lowest BCUT2D eigenvalue weighted by Crippen LogP contribution is -2.24. The number of hydrogen-bond donors (Lipinski definition) is 2. The minimum Gasteiger partial charge on any atom is -0.399 e. The van der Waals surface area contributed by atoms with Gasteiger partial charge in [0.15, 0.2) is 0 Å². The predicted molar refractivity (Wildman–Crippen MR) is 58.1 cm³/mol. The zero-order chi connectivity index (χ0) is 10.6. The number of benzene rings is 1. The first-order valence-corrected chi connectivity index (χ1v) is 4.40. The fraction of sp³-hybridized carbons (Fsp3) is 0.182. The number of rotatable bonds is 3. The molecule has 0 bridgehead atoms. The molecule has 0 aliphatic carbocycles. The first-order valence-electron chi connectivity index (χ1n) is 4.40. The molecule has 0 aliphatic heterocycles. The fourth-order valence-corrected chi connectivity index (χ4v) is 1.14. The molecule has 74 valence electrons. The minimum atomic E-state index is -0.116. The van der Waals surface area contributed by atoms with Crippen LogP contribution < -0.4 is 11.1 Å². The highest BCUT2D eigenvalue weighted by Gasteiger charge is 2.07. The maximum Gasteiger partial charge on any atom is 0.251 e. The number of nitrogens with two attached hydrogens (primary N) is 1. The molecule has 0 saturated heterocycles. The molecular weight excluding hydrogens is 176 g/mol. The summed E-state index contributed by atoms with van der Waals surface area (Å²) in [6.07, 6.45) is 1.64. The summed E-state index contributed by atoms with van der Waals surface area (Å²) in [5, 5.41) is 2.70. The number of aryl methyl sites for hydroxylation is 1. The van der Waals surface area contributed by atoms with Crippen LogP contribution in [-0.4, -0.2) is 12.5 Å². The highest BCUT2D eigenvalue weighted by Crippen LogP contribution is 2.12. The zero-order valence-electron chi connectivity index (χ0n) is 8.21. The molecule has 3 nitrogen and oxygen atoms in total. The number of amides is 1. The Bertz CT molecular complexity index is 358. The molecule has 0 fully saturated rings. The van der Waals surface area contributed by atoms with E-state index in [9.17, 15) is 4.79 Å². The average Bonchev–Trinajstić information content (AvgIpc) is 2.18. The largest absolute Gasteiger partial charge is 0.399 e. The minimum absolute atomic E-state index is 0.116. The number of anilines is 1. The Morgan fingerprint density at radius 1 is 1.64 bits per heavy atom. The molecule has 0 radical (unpaired) electrons. The van der Waals surface area contributed by atoms with E-state index in [4.69, 9.17) is 5.73 Å². The van der Waals surface area contributed by atoms with Gasteiger partial charge >= 0.3 is 0 Å². The normalized spacial score (nSPS) is 9.50. The molecular formula is C11H14N2O. The van der Waals surface area contributed by atoms with Crippen LogP contribution in [0.25, 0.3) is 0 Å². The molecule has 14 heavy (non-hydrogen) atoms. The monoisotopic (exact) mass is 190 g/mol. The second kappa shape index (κ2) is 4.46. The molecule has 0 aromatic heterocycles. The van der Waals surface area contributed by atoms with Crippen molar-refractivity contribution in [2.45, 2.75) is 6.92 Å². The van der Waals surface area contributed by atoms with Crippen LogP contribution in [0.3, 0.4) is 0 Å². The highest BCUT2D eigenvalue weighted by molar-refractivity contribution is 5.96. The highest BCUT2D eigenvalue weighted by atomic mass is 16.1. The molecule has 1 aromatic rings. The van der Waals surface area contributed by atoms with E-state index < -0.39 is 0 Å². The van der Waals surface area contributed by atoms with Crippen LogP contribution in [0.2, 0.25) is 0 Å². The van der Waals surface area contributed by atoms with E-state index in [1.807, 2.05) is 13.0 Å². The SMILES string of the molecule is C=CCNC(=O)c1cc(N)ccc1C. The van der Waals surface area contributed by atoms with Gasteiger partial charge < -0.3 is 11.1 Å². The summed E-state index contributed by atoms with van der Waals surface area (Å²) in [4.78, 5) is 11.6. The smallest absolute Gasteiger partial charge is 0.251 e. The van der Waals surface area contributed by atoms with Gasteiger partial charge in [0, 0.05) is 17.8 Å². The number of nitrogen functional groups attached to an aromatic ring is 1. The molecule has 3 heteroatoms. The maximum atomic E-state index is 11.6. The van der Waals surface area contributed by atoms with Gasteiger partial charge in [-0.2, -0.15) is 0 Å². The van der Waals surface area contributed by atoms with Crippen molar-refractivity contribution in [2.75, 3.05) is 12.3 Å². The van der Waals surface area contributed by atoms with Crippen LogP contribution in [0.4, 0.5) is 5.69 Å². The summed E-state index contributed by atoms with van der Waals surface area (Å²) < 4.78 is 0. The number of carbonyl (C=O) groups excluding carboxylic acids is 1. The van der Waals surface area contributed by atoms with Gasteiger partial charge in [0.25, 0.3) is 5.91 Å². The van der Waals surface area contributed by atoms with Crippen molar-refractivity contribution in [3.05, 3.63) is 42.0 Å². The number of nitrogens with one attached hydrogen (secondary N) is 1. The molecule has 0 spiro atoms. The number of hydrogen-bond acceptors (Lipinski definition) is 2. The molecule has 3 N–H and O–H groups in total. The van der Waals surface area contributed by atoms with E-state index in [0.29, 0.717) is 17.8 Å². The standard InChI is InChI=1S/C11H14N2O/c1-3-6-13-11(14)10-7-9(12)5-4-8(10)2/h3-5,7H,1,6,12H2,2H3,(H,13,14). The topological polar surface area (TPSA) is 55.1 Å².